The summed E-state index contributed by atoms with van der Waals surface area (Å²) in [7, 11) is 0. The van der Waals surface area contributed by atoms with Gasteiger partial charge >= 0.3 is 0 Å². The Morgan fingerprint density at radius 2 is 2.00 bits per heavy atom. The van der Waals surface area contributed by atoms with E-state index in [1.807, 2.05) is 0 Å². The van der Waals surface area contributed by atoms with Crippen LogP contribution < -0.4 is 5.32 Å². The molecule has 1 atom stereocenters. The lowest BCUT2D eigenvalue weighted by molar-refractivity contribution is -0.117. The van der Waals surface area contributed by atoms with E-state index in [4.69, 9.17) is 0 Å². The number of amides is 1. The van der Waals surface area contributed by atoms with Gasteiger partial charge in [-0.15, -0.1) is 0 Å². The Bertz CT molecular complexity index is 279. The summed E-state index contributed by atoms with van der Waals surface area (Å²) in [6.45, 7) is 11.4. The van der Waals surface area contributed by atoms with Crippen molar-refractivity contribution in [2.24, 2.45) is 5.92 Å². The van der Waals surface area contributed by atoms with Crippen LogP contribution in [-0.4, -0.2) is 5.91 Å². The van der Waals surface area contributed by atoms with Crippen LogP contribution in [0.25, 0.3) is 0 Å². The minimum atomic E-state index is -0.0668. The van der Waals surface area contributed by atoms with Crippen LogP contribution in [0.3, 0.4) is 0 Å². The summed E-state index contributed by atoms with van der Waals surface area (Å²) < 4.78 is 0. The van der Waals surface area contributed by atoms with Crippen molar-refractivity contribution in [2.45, 2.75) is 46.0 Å². The van der Waals surface area contributed by atoms with E-state index in [9.17, 15) is 4.79 Å². The van der Waals surface area contributed by atoms with Gasteiger partial charge in [0.05, 0.1) is 0 Å². The summed E-state index contributed by atoms with van der Waals surface area (Å²) in [4.78, 5) is 11.8. The maximum Gasteiger partial charge on any atom is 0.251 e. The first-order chi connectivity index (χ1) is 8.17. The zero-order valence-electron chi connectivity index (χ0n) is 11.2. The molecule has 0 fully saturated rings. The minimum Gasteiger partial charge on any atom is -0.329 e. The third kappa shape index (κ3) is 6.77. The van der Waals surface area contributed by atoms with Crippen LogP contribution in [0, 0.1) is 5.92 Å². The highest BCUT2D eigenvalue weighted by Crippen LogP contribution is 2.19. The standard InChI is InChI=1S/C15H25NO/c1-5-8-9-10-12-13(4)14(11-6-2)15(17)16-7-3/h6-7,11,13H,2-3,5,8-10,12H2,1,4H3,(H,16,17)/b14-11-. The number of hydrogen-bond donors (Lipinski definition) is 1. The van der Waals surface area contributed by atoms with Crippen LogP contribution in [0.5, 0.6) is 0 Å². The molecule has 1 amide bonds. The molecule has 0 aromatic carbocycles. The molecule has 0 aromatic rings. The lowest BCUT2D eigenvalue weighted by atomic mass is 9.93. The third-order valence-electron chi connectivity index (χ3n) is 2.81. The second kappa shape index (κ2) is 9.88. The van der Waals surface area contributed by atoms with Crippen molar-refractivity contribution in [3.8, 4) is 0 Å². The Morgan fingerprint density at radius 3 is 2.53 bits per heavy atom. The van der Waals surface area contributed by atoms with Crippen LogP contribution >= 0.6 is 0 Å². The minimum absolute atomic E-state index is 0.0668. The van der Waals surface area contributed by atoms with E-state index in [1.165, 1.54) is 31.9 Å². The average molecular weight is 235 g/mol. The van der Waals surface area contributed by atoms with Crippen molar-refractivity contribution in [2.75, 3.05) is 0 Å². The zero-order valence-corrected chi connectivity index (χ0v) is 11.2. The summed E-state index contributed by atoms with van der Waals surface area (Å²) in [5, 5.41) is 2.62. The Morgan fingerprint density at radius 1 is 1.29 bits per heavy atom. The predicted molar refractivity (Wildman–Crippen MR) is 74.5 cm³/mol. The van der Waals surface area contributed by atoms with Crippen molar-refractivity contribution in [3.05, 3.63) is 37.1 Å². The van der Waals surface area contributed by atoms with Gasteiger partial charge in [-0.3, -0.25) is 4.79 Å². The normalized spacial score (nSPS) is 12.9. The second-order valence-electron chi connectivity index (χ2n) is 4.29. The number of carbonyl (C=O) groups is 1. The molecule has 0 aliphatic carbocycles. The molecule has 2 heteroatoms. The zero-order chi connectivity index (χ0) is 13.1. The van der Waals surface area contributed by atoms with E-state index in [0.29, 0.717) is 0 Å². The first kappa shape index (κ1) is 15.7. The first-order valence-corrected chi connectivity index (χ1v) is 6.41. The van der Waals surface area contributed by atoms with Gasteiger partial charge in [-0.2, -0.15) is 0 Å². The molecular weight excluding hydrogens is 210 g/mol. The Kier molecular flexibility index (Phi) is 9.12. The number of nitrogens with one attached hydrogen (secondary N) is 1. The van der Waals surface area contributed by atoms with Crippen LogP contribution in [-0.2, 0) is 4.79 Å². The SMILES string of the molecule is C=C/C=C(\C(=O)NC=C)C(C)CCCCCC. The smallest absolute Gasteiger partial charge is 0.251 e. The van der Waals surface area contributed by atoms with Crippen molar-refractivity contribution in [1.29, 1.82) is 0 Å². The molecule has 2 nitrogen and oxygen atoms in total. The van der Waals surface area contributed by atoms with Crippen molar-refractivity contribution < 1.29 is 4.79 Å². The van der Waals surface area contributed by atoms with Gasteiger partial charge in [-0.25, -0.2) is 0 Å². The Balaban J connectivity index is 4.30. The van der Waals surface area contributed by atoms with Crippen LogP contribution in [0.1, 0.15) is 46.0 Å². The largest absolute Gasteiger partial charge is 0.329 e. The van der Waals surface area contributed by atoms with Gasteiger partial charge < -0.3 is 5.32 Å². The van der Waals surface area contributed by atoms with Crippen LogP contribution in [0.15, 0.2) is 37.1 Å². The molecule has 0 aliphatic heterocycles. The molecule has 96 valence electrons. The number of allylic oxidation sites excluding steroid dienone is 2. The van der Waals surface area contributed by atoms with E-state index in [0.717, 1.165) is 12.0 Å². The first-order valence-electron chi connectivity index (χ1n) is 6.41. The molecule has 0 saturated heterocycles. The molecular formula is C15H25NO. The highest BCUT2D eigenvalue weighted by Gasteiger charge is 2.14. The van der Waals surface area contributed by atoms with Crippen molar-refractivity contribution in [1.82, 2.24) is 5.32 Å². The van der Waals surface area contributed by atoms with Crippen LogP contribution in [0.2, 0.25) is 0 Å². The maximum atomic E-state index is 11.8. The fraction of sp³-hybridized carbons (Fsp3) is 0.533. The second-order valence-corrected chi connectivity index (χ2v) is 4.29. The van der Waals surface area contributed by atoms with E-state index in [2.05, 4.69) is 32.3 Å². The summed E-state index contributed by atoms with van der Waals surface area (Å²) in [5.41, 5.74) is 0.788. The van der Waals surface area contributed by atoms with Gasteiger partial charge in [0.2, 0.25) is 0 Å². The fourth-order valence-corrected chi connectivity index (χ4v) is 1.80. The van der Waals surface area contributed by atoms with Gasteiger partial charge in [0, 0.05) is 5.57 Å². The Hall–Kier alpha value is -1.31. The molecule has 0 heterocycles. The van der Waals surface area contributed by atoms with E-state index in [-0.39, 0.29) is 11.8 Å². The van der Waals surface area contributed by atoms with Gasteiger partial charge in [-0.05, 0) is 18.5 Å². The molecule has 0 rings (SSSR count). The van der Waals surface area contributed by atoms with Crippen molar-refractivity contribution in [3.63, 3.8) is 0 Å². The summed E-state index contributed by atoms with van der Waals surface area (Å²) in [5.74, 6) is 0.202. The van der Waals surface area contributed by atoms with Crippen molar-refractivity contribution >= 4 is 5.91 Å². The average Bonchev–Trinajstić information content (AvgIpc) is 2.31. The molecule has 0 aromatic heterocycles. The van der Waals surface area contributed by atoms with E-state index >= 15 is 0 Å². The lowest BCUT2D eigenvalue weighted by Gasteiger charge is -2.14. The quantitative estimate of drug-likeness (QED) is 0.366. The van der Waals surface area contributed by atoms with Gasteiger partial charge in [0.15, 0.2) is 0 Å². The van der Waals surface area contributed by atoms with Gasteiger partial charge in [0.1, 0.15) is 0 Å². The molecule has 1 N–H and O–H groups in total. The summed E-state index contributed by atoms with van der Waals surface area (Å²) >= 11 is 0. The monoisotopic (exact) mass is 235 g/mol. The number of hydrogen-bond acceptors (Lipinski definition) is 1. The molecule has 0 saturated carbocycles. The molecule has 1 unspecified atom stereocenters. The highest BCUT2D eigenvalue weighted by atomic mass is 16.1. The molecule has 0 radical (unpaired) electrons. The Labute approximate surface area is 105 Å². The summed E-state index contributed by atoms with van der Waals surface area (Å²) in [6, 6.07) is 0. The highest BCUT2D eigenvalue weighted by molar-refractivity contribution is 5.94. The van der Waals surface area contributed by atoms with Crippen LogP contribution in [0.4, 0.5) is 0 Å². The number of carbonyl (C=O) groups excluding carboxylic acids is 1. The van der Waals surface area contributed by atoms with E-state index in [1.54, 1.807) is 12.2 Å². The predicted octanol–water partition coefficient (Wildman–Crippen LogP) is 3.97. The number of unbranched alkanes of at least 4 members (excludes halogenated alkanes) is 3. The molecule has 0 bridgehead atoms. The summed E-state index contributed by atoms with van der Waals surface area (Å²) in [6.07, 6.45) is 10.8. The maximum absolute atomic E-state index is 11.8. The number of rotatable bonds is 9. The van der Waals surface area contributed by atoms with Gasteiger partial charge in [-0.1, -0.05) is 64.8 Å². The molecule has 0 aliphatic rings. The topological polar surface area (TPSA) is 29.1 Å². The lowest BCUT2D eigenvalue weighted by Crippen LogP contribution is -2.22. The van der Waals surface area contributed by atoms with Gasteiger partial charge in [0.25, 0.3) is 5.91 Å². The molecule has 17 heavy (non-hydrogen) atoms. The molecule has 0 spiro atoms. The third-order valence-corrected chi connectivity index (χ3v) is 2.81. The fourth-order valence-electron chi connectivity index (χ4n) is 1.80. The van der Waals surface area contributed by atoms with E-state index < -0.39 is 0 Å².